The zero-order valence-electron chi connectivity index (χ0n) is 13.4. The lowest BCUT2D eigenvalue weighted by atomic mass is 9.87. The third-order valence-electron chi connectivity index (χ3n) is 3.94. The zero-order chi connectivity index (χ0) is 15.2. The normalized spacial score (nSPS) is 17.5. The van der Waals surface area contributed by atoms with Gasteiger partial charge in [-0.1, -0.05) is 51.1 Å². The van der Waals surface area contributed by atoms with Gasteiger partial charge in [0, 0.05) is 30.8 Å². The maximum absolute atomic E-state index is 4.87. The second kappa shape index (κ2) is 4.73. The SMILES string of the molecule is CN(C)C1=NC(c2ccccc2)=C2C=C(C(C)(C)C)C=C12. The highest BCUT2D eigenvalue weighted by atomic mass is 15.1. The molecule has 2 nitrogen and oxygen atoms in total. The summed E-state index contributed by atoms with van der Waals surface area (Å²) in [7, 11) is 4.11. The van der Waals surface area contributed by atoms with Gasteiger partial charge in [-0.15, -0.1) is 0 Å². The molecule has 1 aromatic rings. The molecule has 0 atom stereocenters. The third-order valence-corrected chi connectivity index (χ3v) is 3.94. The summed E-state index contributed by atoms with van der Waals surface area (Å²) in [6, 6.07) is 10.4. The Balaban J connectivity index is 2.16. The molecule has 2 aliphatic rings. The van der Waals surface area contributed by atoms with Crippen LogP contribution in [0.25, 0.3) is 5.70 Å². The van der Waals surface area contributed by atoms with Crippen LogP contribution in [0.5, 0.6) is 0 Å². The number of likely N-dealkylation sites (N-methyl/N-ethyl adjacent to an activating group) is 1. The van der Waals surface area contributed by atoms with Gasteiger partial charge in [0.1, 0.15) is 5.84 Å². The van der Waals surface area contributed by atoms with Gasteiger partial charge in [0.2, 0.25) is 0 Å². The highest BCUT2D eigenvalue weighted by Gasteiger charge is 2.31. The number of hydrogen-bond acceptors (Lipinski definition) is 2. The van der Waals surface area contributed by atoms with Gasteiger partial charge < -0.3 is 4.90 Å². The topological polar surface area (TPSA) is 15.6 Å². The fraction of sp³-hybridized carbons (Fsp3) is 0.316. The molecule has 1 aromatic carbocycles. The molecule has 0 fully saturated rings. The van der Waals surface area contributed by atoms with Crippen LogP contribution in [0.15, 0.2) is 64.2 Å². The lowest BCUT2D eigenvalue weighted by Crippen LogP contribution is -2.22. The molecule has 0 saturated carbocycles. The molecule has 2 heteroatoms. The highest BCUT2D eigenvalue weighted by Crippen LogP contribution is 2.42. The number of fused-ring (bicyclic) bond motifs is 1. The van der Waals surface area contributed by atoms with E-state index in [0.29, 0.717) is 0 Å². The predicted octanol–water partition coefficient (Wildman–Crippen LogP) is 4.28. The van der Waals surface area contributed by atoms with Gasteiger partial charge in [0.05, 0.1) is 5.70 Å². The van der Waals surface area contributed by atoms with Crippen molar-refractivity contribution in [1.29, 1.82) is 0 Å². The Kier molecular flexibility index (Phi) is 3.12. The van der Waals surface area contributed by atoms with Crippen molar-refractivity contribution in [3.8, 4) is 0 Å². The summed E-state index contributed by atoms with van der Waals surface area (Å²) in [5.74, 6) is 1.05. The summed E-state index contributed by atoms with van der Waals surface area (Å²) < 4.78 is 0. The van der Waals surface area contributed by atoms with Crippen molar-refractivity contribution in [3.63, 3.8) is 0 Å². The molecular weight excluding hydrogens is 256 g/mol. The molecular formula is C19H22N2. The van der Waals surface area contributed by atoms with Gasteiger partial charge in [0.15, 0.2) is 0 Å². The first-order valence-electron chi connectivity index (χ1n) is 7.38. The Morgan fingerprint density at radius 3 is 2.19 bits per heavy atom. The molecule has 0 amide bonds. The fourth-order valence-electron chi connectivity index (χ4n) is 2.71. The quantitative estimate of drug-likeness (QED) is 0.748. The van der Waals surface area contributed by atoms with Crippen LogP contribution < -0.4 is 0 Å². The van der Waals surface area contributed by atoms with Crippen LogP contribution in [0, 0.1) is 5.41 Å². The van der Waals surface area contributed by atoms with E-state index in [4.69, 9.17) is 4.99 Å². The Labute approximate surface area is 127 Å². The third kappa shape index (κ3) is 2.35. The highest BCUT2D eigenvalue weighted by molar-refractivity contribution is 6.13. The number of rotatable bonds is 1. The molecule has 0 radical (unpaired) electrons. The molecule has 1 heterocycles. The smallest absolute Gasteiger partial charge is 0.136 e. The Hall–Kier alpha value is -2.09. The van der Waals surface area contributed by atoms with Crippen molar-refractivity contribution in [1.82, 2.24) is 4.90 Å². The molecule has 0 aromatic heterocycles. The van der Waals surface area contributed by atoms with Crippen molar-refractivity contribution in [2.24, 2.45) is 10.4 Å². The van der Waals surface area contributed by atoms with Crippen molar-refractivity contribution in [3.05, 3.63) is 64.8 Å². The van der Waals surface area contributed by atoms with Gasteiger partial charge in [-0.3, -0.25) is 0 Å². The molecule has 1 aliphatic carbocycles. The van der Waals surface area contributed by atoms with E-state index in [1.807, 2.05) is 6.07 Å². The predicted molar refractivity (Wildman–Crippen MR) is 90.1 cm³/mol. The number of aliphatic imine (C=N–C) groups is 1. The average Bonchev–Trinajstić information content (AvgIpc) is 2.97. The first-order valence-corrected chi connectivity index (χ1v) is 7.38. The minimum Gasteiger partial charge on any atom is -0.362 e. The van der Waals surface area contributed by atoms with Gasteiger partial charge in [-0.25, -0.2) is 4.99 Å². The maximum Gasteiger partial charge on any atom is 0.136 e. The van der Waals surface area contributed by atoms with E-state index in [1.165, 1.54) is 22.3 Å². The fourth-order valence-corrected chi connectivity index (χ4v) is 2.71. The average molecular weight is 278 g/mol. The van der Waals surface area contributed by atoms with E-state index in [1.54, 1.807) is 0 Å². The molecule has 108 valence electrons. The number of allylic oxidation sites excluding steroid dienone is 3. The molecule has 0 N–H and O–H groups in total. The Morgan fingerprint density at radius 2 is 1.62 bits per heavy atom. The molecule has 21 heavy (non-hydrogen) atoms. The molecule has 0 bridgehead atoms. The van der Waals surface area contributed by atoms with E-state index in [9.17, 15) is 0 Å². The van der Waals surface area contributed by atoms with E-state index >= 15 is 0 Å². The monoisotopic (exact) mass is 278 g/mol. The summed E-state index contributed by atoms with van der Waals surface area (Å²) in [5.41, 5.74) is 6.31. The Bertz CT molecular complexity index is 693. The second-order valence-electron chi connectivity index (χ2n) is 6.87. The summed E-state index contributed by atoms with van der Waals surface area (Å²) in [6.45, 7) is 6.77. The van der Waals surface area contributed by atoms with Crippen LogP contribution in [0.4, 0.5) is 0 Å². The largest absolute Gasteiger partial charge is 0.362 e. The van der Waals surface area contributed by atoms with Gasteiger partial charge in [-0.05, 0) is 23.1 Å². The second-order valence-corrected chi connectivity index (χ2v) is 6.87. The van der Waals surface area contributed by atoms with E-state index < -0.39 is 0 Å². The van der Waals surface area contributed by atoms with Gasteiger partial charge >= 0.3 is 0 Å². The minimum atomic E-state index is 0.156. The van der Waals surface area contributed by atoms with E-state index in [2.05, 4.69) is 76.2 Å². The summed E-state index contributed by atoms with van der Waals surface area (Å²) in [4.78, 5) is 6.97. The summed E-state index contributed by atoms with van der Waals surface area (Å²) in [6.07, 6.45) is 4.60. The Morgan fingerprint density at radius 1 is 0.952 bits per heavy atom. The van der Waals surface area contributed by atoms with Crippen LogP contribution >= 0.6 is 0 Å². The number of benzene rings is 1. The van der Waals surface area contributed by atoms with E-state index in [-0.39, 0.29) is 5.41 Å². The number of hydrogen-bond donors (Lipinski definition) is 0. The lowest BCUT2D eigenvalue weighted by molar-refractivity contribution is 0.518. The van der Waals surface area contributed by atoms with Crippen molar-refractivity contribution >= 4 is 11.5 Å². The van der Waals surface area contributed by atoms with Gasteiger partial charge in [0.25, 0.3) is 0 Å². The van der Waals surface area contributed by atoms with Crippen LogP contribution in [0.3, 0.4) is 0 Å². The standard InChI is InChI=1S/C19H22N2/c1-19(2,3)14-11-15-16(12-14)18(21(4)5)20-17(15)13-9-7-6-8-10-13/h6-12H,1-5H3. The van der Waals surface area contributed by atoms with Crippen LogP contribution in [-0.4, -0.2) is 24.8 Å². The van der Waals surface area contributed by atoms with E-state index in [0.717, 1.165) is 11.5 Å². The molecule has 0 saturated heterocycles. The number of nitrogens with zero attached hydrogens (tertiary/aromatic N) is 2. The van der Waals surface area contributed by atoms with Crippen molar-refractivity contribution in [2.75, 3.05) is 14.1 Å². The minimum absolute atomic E-state index is 0.156. The molecule has 0 unspecified atom stereocenters. The summed E-state index contributed by atoms with van der Waals surface area (Å²) >= 11 is 0. The zero-order valence-corrected chi connectivity index (χ0v) is 13.4. The molecule has 1 aliphatic heterocycles. The van der Waals surface area contributed by atoms with Crippen molar-refractivity contribution in [2.45, 2.75) is 20.8 Å². The maximum atomic E-state index is 4.87. The summed E-state index contributed by atoms with van der Waals surface area (Å²) in [5, 5.41) is 0. The first kappa shape index (κ1) is 13.9. The van der Waals surface area contributed by atoms with Crippen LogP contribution in [0.2, 0.25) is 0 Å². The first-order chi connectivity index (χ1) is 9.88. The van der Waals surface area contributed by atoms with Crippen LogP contribution in [0.1, 0.15) is 26.3 Å². The molecule has 0 spiro atoms. The lowest BCUT2D eigenvalue weighted by Gasteiger charge is -2.19. The van der Waals surface area contributed by atoms with Gasteiger partial charge in [-0.2, -0.15) is 0 Å². The number of amidine groups is 1. The van der Waals surface area contributed by atoms with Crippen molar-refractivity contribution < 1.29 is 0 Å². The molecule has 3 rings (SSSR count). The van der Waals surface area contributed by atoms with Crippen LogP contribution in [-0.2, 0) is 0 Å².